The average molecular weight is 177 g/mol. The van der Waals surface area contributed by atoms with Crippen molar-refractivity contribution in [1.82, 2.24) is 24.7 Å². The Labute approximate surface area is 73.9 Å². The first-order chi connectivity index (χ1) is 6.40. The minimum atomic E-state index is -0.107. The van der Waals surface area contributed by atoms with E-state index in [0.717, 1.165) is 0 Å². The third kappa shape index (κ3) is 1.52. The molecule has 0 saturated heterocycles. The molecule has 1 N–H and O–H groups in total. The minimum absolute atomic E-state index is 0.107. The molecule has 0 spiro atoms. The molecule has 2 heterocycles. The Kier molecular flexibility index (Phi) is 1.97. The maximum Gasteiger partial charge on any atom is 0.158 e. The first-order valence-electron chi connectivity index (χ1n) is 3.67. The molecule has 2 aromatic rings. The van der Waals surface area contributed by atoms with Gasteiger partial charge in [-0.2, -0.15) is 5.10 Å². The lowest BCUT2D eigenvalue weighted by Crippen LogP contribution is -2.00. The van der Waals surface area contributed by atoms with Crippen LogP contribution in [-0.2, 0) is 6.61 Å². The van der Waals surface area contributed by atoms with Gasteiger partial charge in [0.15, 0.2) is 5.82 Å². The SMILES string of the molecule is OCc1cc(-n2cncn2)ncn1. The molecule has 0 bridgehead atoms. The number of aliphatic hydroxyl groups is 1. The summed E-state index contributed by atoms with van der Waals surface area (Å²) < 4.78 is 1.50. The zero-order valence-electron chi connectivity index (χ0n) is 6.70. The lowest BCUT2D eigenvalue weighted by Gasteiger charge is -1.99. The second kappa shape index (κ2) is 3.28. The zero-order chi connectivity index (χ0) is 9.10. The van der Waals surface area contributed by atoms with E-state index in [9.17, 15) is 0 Å². The minimum Gasteiger partial charge on any atom is -0.390 e. The number of hydrogen-bond donors (Lipinski definition) is 1. The molecule has 66 valence electrons. The summed E-state index contributed by atoms with van der Waals surface area (Å²) in [6.45, 7) is -0.107. The highest BCUT2D eigenvalue weighted by Gasteiger charge is 1.99. The Bertz CT molecular complexity index is 386. The van der Waals surface area contributed by atoms with Crippen molar-refractivity contribution in [2.45, 2.75) is 6.61 Å². The summed E-state index contributed by atoms with van der Waals surface area (Å²) >= 11 is 0. The predicted molar refractivity (Wildman–Crippen MR) is 42.9 cm³/mol. The van der Waals surface area contributed by atoms with Gasteiger partial charge in [-0.1, -0.05) is 0 Å². The largest absolute Gasteiger partial charge is 0.390 e. The molecule has 0 aliphatic heterocycles. The molecule has 6 nitrogen and oxygen atoms in total. The summed E-state index contributed by atoms with van der Waals surface area (Å²) in [5.41, 5.74) is 0.556. The lowest BCUT2D eigenvalue weighted by molar-refractivity contribution is 0.276. The van der Waals surface area contributed by atoms with Gasteiger partial charge in [0, 0.05) is 6.07 Å². The Balaban J connectivity index is 2.41. The Morgan fingerprint density at radius 3 is 2.92 bits per heavy atom. The molecule has 0 saturated carbocycles. The highest BCUT2D eigenvalue weighted by molar-refractivity contribution is 5.20. The van der Waals surface area contributed by atoms with Crippen LogP contribution in [0.4, 0.5) is 0 Å². The molecule has 2 aromatic heterocycles. The van der Waals surface area contributed by atoms with Gasteiger partial charge in [0.25, 0.3) is 0 Å². The molecular weight excluding hydrogens is 170 g/mol. The molecule has 2 rings (SSSR count). The molecule has 0 radical (unpaired) electrons. The average Bonchev–Trinajstić information content (AvgIpc) is 2.71. The van der Waals surface area contributed by atoms with Gasteiger partial charge in [0.2, 0.25) is 0 Å². The summed E-state index contributed by atoms with van der Waals surface area (Å²) in [4.78, 5) is 11.6. The Hall–Kier alpha value is -1.82. The van der Waals surface area contributed by atoms with E-state index in [0.29, 0.717) is 11.5 Å². The highest BCUT2D eigenvalue weighted by atomic mass is 16.3. The number of nitrogens with zero attached hydrogens (tertiary/aromatic N) is 5. The fraction of sp³-hybridized carbons (Fsp3) is 0.143. The van der Waals surface area contributed by atoms with E-state index >= 15 is 0 Å². The van der Waals surface area contributed by atoms with Gasteiger partial charge in [0.05, 0.1) is 12.3 Å². The van der Waals surface area contributed by atoms with E-state index in [4.69, 9.17) is 5.11 Å². The standard InChI is InChI=1S/C7H7N5O/c13-2-6-1-7(10-4-9-6)12-5-8-3-11-12/h1,3-5,13H,2H2. The summed E-state index contributed by atoms with van der Waals surface area (Å²) in [7, 11) is 0. The van der Waals surface area contributed by atoms with Crippen molar-refractivity contribution in [3.8, 4) is 5.82 Å². The number of rotatable bonds is 2. The molecule has 0 atom stereocenters. The predicted octanol–water partition coefficient (Wildman–Crippen LogP) is -0.450. The van der Waals surface area contributed by atoms with Gasteiger partial charge in [-0.05, 0) is 0 Å². The summed E-state index contributed by atoms with van der Waals surface area (Å²) in [6, 6.07) is 1.65. The van der Waals surface area contributed by atoms with Gasteiger partial charge >= 0.3 is 0 Å². The third-order valence-corrected chi connectivity index (χ3v) is 1.52. The van der Waals surface area contributed by atoms with Crippen molar-refractivity contribution < 1.29 is 5.11 Å². The number of aromatic nitrogens is 5. The van der Waals surface area contributed by atoms with Gasteiger partial charge < -0.3 is 5.11 Å². The van der Waals surface area contributed by atoms with Crippen molar-refractivity contribution in [3.63, 3.8) is 0 Å². The molecule has 0 aromatic carbocycles. The van der Waals surface area contributed by atoms with E-state index in [1.54, 1.807) is 6.07 Å². The number of aliphatic hydroxyl groups excluding tert-OH is 1. The smallest absolute Gasteiger partial charge is 0.158 e. The number of hydrogen-bond acceptors (Lipinski definition) is 5. The van der Waals surface area contributed by atoms with Crippen LogP contribution in [0.2, 0.25) is 0 Å². The molecular formula is C7H7N5O. The second-order valence-corrected chi connectivity index (χ2v) is 2.37. The molecule has 0 aliphatic carbocycles. The normalized spacial score (nSPS) is 10.2. The van der Waals surface area contributed by atoms with Crippen LogP contribution in [0.1, 0.15) is 5.69 Å². The quantitative estimate of drug-likeness (QED) is 0.672. The summed E-state index contributed by atoms with van der Waals surface area (Å²) in [6.07, 6.45) is 4.33. The van der Waals surface area contributed by atoms with Crippen LogP contribution in [0.3, 0.4) is 0 Å². The van der Waals surface area contributed by atoms with Gasteiger partial charge in [-0.25, -0.2) is 19.6 Å². The molecule has 6 heteroatoms. The first-order valence-corrected chi connectivity index (χ1v) is 3.67. The fourth-order valence-electron chi connectivity index (χ4n) is 0.924. The fourth-order valence-corrected chi connectivity index (χ4v) is 0.924. The van der Waals surface area contributed by atoms with Crippen LogP contribution in [0.5, 0.6) is 0 Å². The zero-order valence-corrected chi connectivity index (χ0v) is 6.70. The van der Waals surface area contributed by atoms with Crippen LogP contribution >= 0.6 is 0 Å². The molecule has 0 unspecified atom stereocenters. The van der Waals surface area contributed by atoms with Crippen molar-refractivity contribution >= 4 is 0 Å². The van der Waals surface area contributed by atoms with E-state index < -0.39 is 0 Å². The highest BCUT2D eigenvalue weighted by Crippen LogP contribution is 2.01. The topological polar surface area (TPSA) is 76.7 Å². The Morgan fingerprint density at radius 1 is 1.31 bits per heavy atom. The van der Waals surface area contributed by atoms with Gasteiger partial charge in [-0.15, -0.1) is 0 Å². The van der Waals surface area contributed by atoms with Crippen molar-refractivity contribution in [2.24, 2.45) is 0 Å². The third-order valence-electron chi connectivity index (χ3n) is 1.52. The first kappa shape index (κ1) is 7.81. The van der Waals surface area contributed by atoms with Gasteiger partial charge in [-0.3, -0.25) is 0 Å². The monoisotopic (exact) mass is 177 g/mol. The van der Waals surface area contributed by atoms with E-state index in [1.165, 1.54) is 23.7 Å². The van der Waals surface area contributed by atoms with Crippen molar-refractivity contribution in [3.05, 3.63) is 30.7 Å². The maximum absolute atomic E-state index is 8.82. The van der Waals surface area contributed by atoms with Crippen LogP contribution < -0.4 is 0 Å². The van der Waals surface area contributed by atoms with Crippen molar-refractivity contribution in [2.75, 3.05) is 0 Å². The molecule has 0 fully saturated rings. The van der Waals surface area contributed by atoms with Crippen LogP contribution in [0, 0.1) is 0 Å². The van der Waals surface area contributed by atoms with E-state index in [2.05, 4.69) is 20.1 Å². The molecule has 0 amide bonds. The maximum atomic E-state index is 8.82. The Morgan fingerprint density at radius 2 is 2.23 bits per heavy atom. The van der Waals surface area contributed by atoms with Crippen molar-refractivity contribution in [1.29, 1.82) is 0 Å². The second-order valence-electron chi connectivity index (χ2n) is 2.37. The van der Waals surface area contributed by atoms with E-state index in [-0.39, 0.29) is 6.61 Å². The lowest BCUT2D eigenvalue weighted by atomic mass is 10.4. The molecule has 13 heavy (non-hydrogen) atoms. The summed E-state index contributed by atoms with van der Waals surface area (Å²) in [5.74, 6) is 0.594. The molecule has 0 aliphatic rings. The van der Waals surface area contributed by atoms with Crippen LogP contribution in [0.25, 0.3) is 5.82 Å². The van der Waals surface area contributed by atoms with E-state index in [1.807, 2.05) is 0 Å². The van der Waals surface area contributed by atoms with Crippen LogP contribution in [-0.4, -0.2) is 29.8 Å². The summed E-state index contributed by atoms with van der Waals surface area (Å²) in [5, 5.41) is 12.7. The van der Waals surface area contributed by atoms with Crippen LogP contribution in [0.15, 0.2) is 25.0 Å². The van der Waals surface area contributed by atoms with Gasteiger partial charge in [0.1, 0.15) is 19.0 Å².